The van der Waals surface area contributed by atoms with Crippen molar-refractivity contribution in [2.45, 2.75) is 53.0 Å². The fourth-order valence-corrected chi connectivity index (χ4v) is 2.08. The summed E-state index contributed by atoms with van der Waals surface area (Å²) in [5.74, 6) is -2.76. The minimum Gasteiger partial charge on any atom is -0.550 e. The number of hydrogen-bond acceptors (Lipinski definition) is 5. The first-order valence-electron chi connectivity index (χ1n) is 8.35. The van der Waals surface area contributed by atoms with Crippen LogP contribution in [-0.4, -0.2) is 23.9 Å². The van der Waals surface area contributed by atoms with E-state index in [0.29, 0.717) is 0 Å². The summed E-state index contributed by atoms with van der Waals surface area (Å²) >= 11 is 0. The molecule has 1 N–H and O–H groups in total. The van der Waals surface area contributed by atoms with Crippen LogP contribution in [0.1, 0.15) is 46.1 Å². The van der Waals surface area contributed by atoms with Crippen molar-refractivity contribution in [3.05, 3.63) is 35.9 Å². The molecule has 6 nitrogen and oxygen atoms in total. The van der Waals surface area contributed by atoms with E-state index >= 15 is 0 Å². The van der Waals surface area contributed by atoms with Gasteiger partial charge in [-0.05, 0) is 37.7 Å². The summed E-state index contributed by atoms with van der Waals surface area (Å²) in [6, 6.07) is 9.80. The van der Waals surface area contributed by atoms with Gasteiger partial charge in [-0.3, -0.25) is 4.79 Å². The van der Waals surface area contributed by atoms with Gasteiger partial charge in [-0.15, -0.1) is 0 Å². The molecule has 2 atom stereocenters. The van der Waals surface area contributed by atoms with Crippen molar-refractivity contribution >= 4 is 17.8 Å². The summed E-state index contributed by atoms with van der Waals surface area (Å²) in [6.45, 7) is 7.17. The van der Waals surface area contributed by atoms with E-state index in [4.69, 9.17) is 0 Å². The number of carboxylic acids is 2. The molecule has 0 saturated heterocycles. The first kappa shape index (κ1) is 31.3. The summed E-state index contributed by atoms with van der Waals surface area (Å²) in [5.41, 5.74) is 1.14. The van der Waals surface area contributed by atoms with E-state index in [0.717, 1.165) is 12.0 Å². The van der Waals surface area contributed by atoms with Gasteiger partial charge in [0.25, 0.3) is 0 Å². The normalized spacial score (nSPS) is 11.6. The number of carbonyl (C=O) groups excluding carboxylic acids is 3. The molecule has 8 heteroatoms. The third kappa shape index (κ3) is 18.7. The van der Waals surface area contributed by atoms with Gasteiger partial charge in [0, 0.05) is 23.9 Å². The van der Waals surface area contributed by atoms with Gasteiger partial charge in [0.15, 0.2) is 0 Å². The molecule has 2 unspecified atom stereocenters. The van der Waals surface area contributed by atoms with Gasteiger partial charge in [0.05, 0.1) is 0 Å². The molecule has 0 bridgehead atoms. The molecule has 0 aliphatic rings. The number of benzene rings is 1. The molecule has 0 aliphatic carbocycles. The van der Waals surface area contributed by atoms with Gasteiger partial charge in [0.1, 0.15) is 0 Å². The Kier molecular flexibility index (Phi) is 20.5. The van der Waals surface area contributed by atoms with Crippen LogP contribution < -0.4 is 74.6 Å². The van der Waals surface area contributed by atoms with Crippen LogP contribution in [0, 0.1) is 11.8 Å². The van der Waals surface area contributed by atoms with Crippen LogP contribution in [0.3, 0.4) is 0 Å². The van der Waals surface area contributed by atoms with Gasteiger partial charge >= 0.3 is 59.1 Å². The van der Waals surface area contributed by atoms with Crippen LogP contribution in [-0.2, 0) is 20.8 Å². The Hall–Kier alpha value is -0.370. The van der Waals surface area contributed by atoms with Crippen LogP contribution >= 0.6 is 0 Å². The number of nitrogens with one attached hydrogen (secondary N) is 1. The van der Waals surface area contributed by atoms with E-state index < -0.39 is 17.9 Å². The minimum absolute atomic E-state index is 0. The number of hydrogen-bond donors (Lipinski definition) is 1. The Morgan fingerprint density at radius 3 is 1.74 bits per heavy atom. The Balaban J connectivity index is -0.000000552. The van der Waals surface area contributed by atoms with E-state index in [2.05, 4.69) is 5.32 Å². The zero-order valence-corrected chi connectivity index (χ0v) is 21.3. The smallest absolute Gasteiger partial charge is 0.550 e. The fraction of sp³-hybridized carbons (Fsp3) is 0.526. The van der Waals surface area contributed by atoms with Gasteiger partial charge in [-0.25, -0.2) is 0 Å². The van der Waals surface area contributed by atoms with Crippen molar-refractivity contribution in [1.82, 2.24) is 5.32 Å². The van der Waals surface area contributed by atoms with Crippen molar-refractivity contribution in [3.8, 4) is 0 Å². The van der Waals surface area contributed by atoms with E-state index in [1.807, 2.05) is 51.1 Å². The molecule has 0 saturated carbocycles. The summed E-state index contributed by atoms with van der Waals surface area (Å²) in [4.78, 5) is 31.8. The Morgan fingerprint density at radius 1 is 0.889 bits per heavy atom. The van der Waals surface area contributed by atoms with Crippen molar-refractivity contribution in [2.24, 2.45) is 11.8 Å². The molecule has 0 fully saturated rings. The Bertz CT molecular complexity index is 552. The molecule has 140 valence electrons. The molecule has 0 radical (unpaired) electrons. The van der Waals surface area contributed by atoms with E-state index in [1.165, 1.54) is 0 Å². The standard InChI is InChI=1S/C14H19NO3.C5H10O2.2Na/c1-10(8-13(16)17)14(18)15-11(2)9-12-6-4-3-5-7-12;1-4(2)3-5(6)7;;/h3-7,10-11H,8-9H2,1-2H3,(H,15,18)(H,16,17);4H,3H2,1-2H3,(H,6,7);;/q;;2*+1/p-2. The molecule has 0 aromatic heterocycles. The second kappa shape index (κ2) is 17.7. The van der Waals surface area contributed by atoms with Gasteiger partial charge in [0.2, 0.25) is 5.91 Å². The van der Waals surface area contributed by atoms with Crippen LogP contribution in [0.5, 0.6) is 0 Å². The third-order valence-corrected chi connectivity index (χ3v) is 3.27. The summed E-state index contributed by atoms with van der Waals surface area (Å²) in [7, 11) is 0. The van der Waals surface area contributed by atoms with E-state index in [9.17, 15) is 24.6 Å². The molecule has 27 heavy (non-hydrogen) atoms. The van der Waals surface area contributed by atoms with Crippen molar-refractivity contribution in [1.29, 1.82) is 0 Å². The van der Waals surface area contributed by atoms with Crippen molar-refractivity contribution in [3.63, 3.8) is 0 Å². The van der Waals surface area contributed by atoms with E-state index in [-0.39, 0.29) is 89.8 Å². The summed E-state index contributed by atoms with van der Waals surface area (Å²) in [5, 5.41) is 22.9. The average molecular weight is 395 g/mol. The summed E-state index contributed by atoms with van der Waals surface area (Å²) < 4.78 is 0. The Morgan fingerprint density at radius 2 is 1.37 bits per heavy atom. The maximum absolute atomic E-state index is 11.7. The largest absolute Gasteiger partial charge is 1.00 e. The number of amides is 1. The number of carboxylic acid groups (broad SMARTS) is 2. The number of aliphatic carboxylic acids is 2. The van der Waals surface area contributed by atoms with E-state index in [1.54, 1.807) is 6.92 Å². The van der Waals surface area contributed by atoms with Gasteiger partial charge < -0.3 is 25.1 Å². The molecule has 1 aromatic carbocycles. The molecule has 0 heterocycles. The third-order valence-electron chi connectivity index (χ3n) is 3.27. The minimum atomic E-state index is -1.20. The SMILES string of the molecule is CC(C)CC(=O)[O-].CC(Cc1ccccc1)NC(=O)C(C)CC(=O)[O-].[Na+].[Na+]. The number of rotatable bonds is 8. The van der Waals surface area contributed by atoms with Crippen LogP contribution in [0.15, 0.2) is 30.3 Å². The second-order valence-corrected chi connectivity index (χ2v) is 6.55. The van der Waals surface area contributed by atoms with Crippen LogP contribution in [0.2, 0.25) is 0 Å². The zero-order valence-electron chi connectivity index (χ0n) is 17.3. The molecule has 1 rings (SSSR count). The second-order valence-electron chi connectivity index (χ2n) is 6.55. The van der Waals surface area contributed by atoms with Crippen molar-refractivity contribution < 1.29 is 83.7 Å². The average Bonchev–Trinajstić information content (AvgIpc) is 2.46. The Labute approximate surface area is 206 Å². The first-order valence-corrected chi connectivity index (χ1v) is 8.35. The van der Waals surface area contributed by atoms with Crippen molar-refractivity contribution in [2.75, 3.05) is 0 Å². The molecule has 0 aliphatic heterocycles. The predicted molar refractivity (Wildman–Crippen MR) is 91.0 cm³/mol. The molecule has 1 amide bonds. The fourth-order valence-electron chi connectivity index (χ4n) is 2.08. The monoisotopic (exact) mass is 395 g/mol. The molecule has 0 spiro atoms. The summed E-state index contributed by atoms with van der Waals surface area (Å²) in [6.07, 6.45) is 0.647. The molecular formula is C19H27NNa2O5. The quantitative estimate of drug-likeness (QED) is 0.441. The van der Waals surface area contributed by atoms with Crippen LogP contribution in [0.25, 0.3) is 0 Å². The van der Waals surface area contributed by atoms with Gasteiger partial charge in [-0.2, -0.15) is 0 Å². The first-order chi connectivity index (χ1) is 11.6. The topological polar surface area (TPSA) is 109 Å². The maximum atomic E-state index is 11.7. The molecular weight excluding hydrogens is 368 g/mol. The van der Waals surface area contributed by atoms with Gasteiger partial charge in [-0.1, -0.05) is 51.1 Å². The number of carbonyl (C=O) groups is 3. The maximum Gasteiger partial charge on any atom is 1.00 e. The zero-order chi connectivity index (χ0) is 19.4. The predicted octanol–water partition coefficient (Wildman–Crippen LogP) is -5.70. The molecule has 1 aromatic rings. The van der Waals surface area contributed by atoms with Crippen LogP contribution in [0.4, 0.5) is 0 Å².